The van der Waals surface area contributed by atoms with Crippen LogP contribution in [0.2, 0.25) is 0 Å². The van der Waals surface area contributed by atoms with Gasteiger partial charge in [-0.15, -0.1) is 0 Å². The van der Waals surface area contributed by atoms with Gasteiger partial charge in [-0.25, -0.2) is 9.78 Å². The van der Waals surface area contributed by atoms with Crippen LogP contribution < -0.4 is 5.32 Å². The first-order valence-electron chi connectivity index (χ1n) is 5.52. The Balaban J connectivity index is 2.61. The molecule has 100 valence electrons. The van der Waals surface area contributed by atoms with Gasteiger partial charge in [-0.2, -0.15) is 0 Å². The first-order valence-corrected chi connectivity index (χ1v) is 5.52. The minimum atomic E-state index is -0.706. The molecule has 0 spiro atoms. The van der Waals surface area contributed by atoms with Crippen molar-refractivity contribution >= 4 is 11.9 Å². The van der Waals surface area contributed by atoms with Crippen LogP contribution in [0.1, 0.15) is 5.69 Å². The van der Waals surface area contributed by atoms with Gasteiger partial charge in [-0.05, 0) is 14.1 Å². The van der Waals surface area contributed by atoms with Crippen molar-refractivity contribution < 1.29 is 14.3 Å². The highest BCUT2D eigenvalue weighted by molar-refractivity contribution is 5.85. The number of nitrogens with zero attached hydrogens (tertiary/aromatic N) is 2. The fourth-order valence-corrected chi connectivity index (χ4v) is 1.48. The molecule has 1 aromatic heterocycles. The summed E-state index contributed by atoms with van der Waals surface area (Å²) in [6.45, 7) is 0.219. The minimum Gasteiger partial charge on any atom is -0.467 e. The van der Waals surface area contributed by atoms with Crippen molar-refractivity contribution in [1.29, 1.82) is 0 Å². The zero-order valence-electron chi connectivity index (χ0n) is 10.8. The summed E-state index contributed by atoms with van der Waals surface area (Å²) in [4.78, 5) is 31.7. The van der Waals surface area contributed by atoms with Gasteiger partial charge in [0.1, 0.15) is 6.04 Å². The number of aromatic nitrogens is 2. The number of methoxy groups -OCH3 is 1. The van der Waals surface area contributed by atoms with Crippen LogP contribution in [0, 0.1) is 0 Å². The van der Waals surface area contributed by atoms with Crippen LogP contribution >= 0.6 is 0 Å². The Hall–Kier alpha value is -1.89. The van der Waals surface area contributed by atoms with Gasteiger partial charge < -0.3 is 19.9 Å². The second-order valence-corrected chi connectivity index (χ2v) is 4.16. The lowest BCUT2D eigenvalue weighted by Gasteiger charge is -2.17. The number of rotatable bonds is 6. The van der Waals surface area contributed by atoms with E-state index in [1.807, 2.05) is 0 Å². The number of amides is 1. The molecule has 0 aromatic carbocycles. The van der Waals surface area contributed by atoms with Gasteiger partial charge in [-0.3, -0.25) is 4.79 Å². The molecule has 18 heavy (non-hydrogen) atoms. The van der Waals surface area contributed by atoms with E-state index in [9.17, 15) is 9.59 Å². The Bertz CT molecular complexity index is 389. The summed E-state index contributed by atoms with van der Waals surface area (Å²) in [6, 6.07) is -0.706. The van der Waals surface area contributed by atoms with E-state index >= 15 is 0 Å². The number of carbonyl (C=O) groups is 2. The topological polar surface area (TPSA) is 87.3 Å². The molecule has 1 aromatic rings. The molecule has 0 aliphatic rings. The Morgan fingerprint density at radius 3 is 2.78 bits per heavy atom. The van der Waals surface area contributed by atoms with E-state index in [1.54, 1.807) is 25.2 Å². The van der Waals surface area contributed by atoms with Gasteiger partial charge in [0.2, 0.25) is 5.91 Å². The first kappa shape index (κ1) is 14.2. The molecular formula is C11H18N4O3. The molecule has 0 saturated heterocycles. The average Bonchev–Trinajstić information content (AvgIpc) is 2.78. The van der Waals surface area contributed by atoms with Gasteiger partial charge in [0.25, 0.3) is 0 Å². The smallest absolute Gasteiger partial charge is 0.328 e. The van der Waals surface area contributed by atoms with E-state index in [1.165, 1.54) is 13.4 Å². The second kappa shape index (κ2) is 6.75. The summed E-state index contributed by atoms with van der Waals surface area (Å²) in [5.41, 5.74) is 0.760. The Kier molecular flexibility index (Phi) is 5.31. The van der Waals surface area contributed by atoms with Gasteiger partial charge >= 0.3 is 5.97 Å². The summed E-state index contributed by atoms with van der Waals surface area (Å²) < 4.78 is 4.67. The molecule has 1 atom stereocenters. The molecule has 0 fully saturated rings. The van der Waals surface area contributed by atoms with E-state index in [0.717, 1.165) is 5.69 Å². The maximum absolute atomic E-state index is 11.6. The van der Waals surface area contributed by atoms with Crippen molar-refractivity contribution in [3.8, 4) is 0 Å². The fraction of sp³-hybridized carbons (Fsp3) is 0.545. The van der Waals surface area contributed by atoms with Gasteiger partial charge in [0, 0.05) is 18.3 Å². The van der Waals surface area contributed by atoms with Gasteiger partial charge in [-0.1, -0.05) is 0 Å². The summed E-state index contributed by atoms with van der Waals surface area (Å²) in [5, 5.41) is 2.63. The largest absolute Gasteiger partial charge is 0.467 e. The molecule has 0 unspecified atom stereocenters. The highest BCUT2D eigenvalue weighted by atomic mass is 16.5. The predicted molar refractivity (Wildman–Crippen MR) is 64.8 cm³/mol. The Labute approximate surface area is 106 Å². The van der Waals surface area contributed by atoms with E-state index in [4.69, 9.17) is 0 Å². The molecule has 1 rings (SSSR count). The standard InChI is InChI=1S/C11H18N4O3/c1-15(2)6-10(16)14-9(11(17)18-3)4-8-5-12-7-13-8/h5,7,9H,4,6H2,1-3H3,(H,12,13)(H,14,16)/t9-/m0/s1. The van der Waals surface area contributed by atoms with Crippen LogP contribution in [0.4, 0.5) is 0 Å². The number of H-pyrrole nitrogens is 1. The SMILES string of the molecule is COC(=O)[C@H](Cc1cnc[nH]1)NC(=O)CN(C)C. The van der Waals surface area contributed by atoms with Crippen LogP contribution in [0.5, 0.6) is 0 Å². The third kappa shape index (κ3) is 4.54. The number of aromatic amines is 1. The summed E-state index contributed by atoms with van der Waals surface area (Å²) in [6.07, 6.45) is 3.45. The van der Waals surface area contributed by atoms with Gasteiger partial charge in [0.15, 0.2) is 0 Å². The molecule has 7 heteroatoms. The quantitative estimate of drug-likeness (QED) is 0.647. The third-order valence-corrected chi connectivity index (χ3v) is 2.26. The molecule has 0 radical (unpaired) electrons. The number of imidazole rings is 1. The van der Waals surface area contributed by atoms with Crippen LogP contribution in [0.15, 0.2) is 12.5 Å². The van der Waals surface area contributed by atoms with E-state index in [0.29, 0.717) is 6.42 Å². The summed E-state index contributed by atoms with van der Waals surface area (Å²) >= 11 is 0. The molecule has 0 bridgehead atoms. The number of nitrogens with one attached hydrogen (secondary N) is 2. The van der Waals surface area contributed by atoms with E-state index in [-0.39, 0.29) is 12.5 Å². The molecule has 1 amide bonds. The third-order valence-electron chi connectivity index (χ3n) is 2.26. The predicted octanol–water partition coefficient (Wildman–Crippen LogP) is -0.828. The van der Waals surface area contributed by atoms with E-state index in [2.05, 4.69) is 20.0 Å². The van der Waals surface area contributed by atoms with Crippen molar-refractivity contribution in [3.05, 3.63) is 18.2 Å². The zero-order valence-corrected chi connectivity index (χ0v) is 10.8. The van der Waals surface area contributed by atoms with Crippen molar-refractivity contribution in [2.24, 2.45) is 0 Å². The van der Waals surface area contributed by atoms with Crippen molar-refractivity contribution in [2.75, 3.05) is 27.7 Å². The molecule has 7 nitrogen and oxygen atoms in total. The molecule has 1 heterocycles. The number of hydrogen-bond acceptors (Lipinski definition) is 5. The average molecular weight is 254 g/mol. The molecule has 2 N–H and O–H groups in total. The molecule has 0 saturated carbocycles. The summed E-state index contributed by atoms with van der Waals surface area (Å²) in [7, 11) is 4.85. The number of carbonyl (C=O) groups excluding carboxylic acids is 2. The molecule has 0 aliphatic heterocycles. The second-order valence-electron chi connectivity index (χ2n) is 4.16. The Morgan fingerprint density at radius 1 is 1.56 bits per heavy atom. The molecular weight excluding hydrogens is 236 g/mol. The normalized spacial score (nSPS) is 12.2. The van der Waals surface area contributed by atoms with Crippen LogP contribution in [-0.2, 0) is 20.7 Å². The van der Waals surface area contributed by atoms with Gasteiger partial charge in [0.05, 0.1) is 20.0 Å². The number of likely N-dealkylation sites (N-methyl/N-ethyl adjacent to an activating group) is 1. The maximum Gasteiger partial charge on any atom is 0.328 e. The fourth-order valence-electron chi connectivity index (χ4n) is 1.48. The number of esters is 1. The maximum atomic E-state index is 11.6. The highest BCUT2D eigenvalue weighted by Gasteiger charge is 2.22. The van der Waals surface area contributed by atoms with Crippen molar-refractivity contribution in [3.63, 3.8) is 0 Å². The van der Waals surface area contributed by atoms with Crippen molar-refractivity contribution in [1.82, 2.24) is 20.2 Å². The minimum absolute atomic E-state index is 0.219. The highest BCUT2D eigenvalue weighted by Crippen LogP contribution is 2.00. The lowest BCUT2D eigenvalue weighted by Crippen LogP contribution is -2.46. The zero-order chi connectivity index (χ0) is 13.5. The molecule has 0 aliphatic carbocycles. The lowest BCUT2D eigenvalue weighted by molar-refractivity contribution is -0.145. The van der Waals surface area contributed by atoms with Crippen LogP contribution in [0.3, 0.4) is 0 Å². The monoisotopic (exact) mass is 254 g/mol. The van der Waals surface area contributed by atoms with Crippen LogP contribution in [-0.4, -0.2) is 60.5 Å². The number of ether oxygens (including phenoxy) is 1. The van der Waals surface area contributed by atoms with Crippen molar-refractivity contribution in [2.45, 2.75) is 12.5 Å². The number of hydrogen-bond donors (Lipinski definition) is 2. The summed E-state index contributed by atoms with van der Waals surface area (Å²) in [5.74, 6) is -0.702. The Morgan fingerprint density at radius 2 is 2.28 bits per heavy atom. The lowest BCUT2D eigenvalue weighted by atomic mass is 10.1. The van der Waals surface area contributed by atoms with E-state index < -0.39 is 12.0 Å². The van der Waals surface area contributed by atoms with Crippen LogP contribution in [0.25, 0.3) is 0 Å². The first-order chi connectivity index (χ1) is 8.52.